The van der Waals surface area contributed by atoms with Gasteiger partial charge in [-0.2, -0.15) is 0 Å². The van der Waals surface area contributed by atoms with Crippen molar-refractivity contribution in [2.24, 2.45) is 0 Å². The van der Waals surface area contributed by atoms with Crippen LogP contribution in [0.2, 0.25) is 0 Å². The molecule has 1 heterocycles. The molecule has 27 heavy (non-hydrogen) atoms. The first kappa shape index (κ1) is 19.1. The maximum Gasteiger partial charge on any atom is 0.240 e. The van der Waals surface area contributed by atoms with E-state index in [2.05, 4.69) is 9.71 Å². The summed E-state index contributed by atoms with van der Waals surface area (Å²) in [6.07, 6.45) is 2.26. The monoisotopic (exact) mass is 386 g/mol. The lowest BCUT2D eigenvalue weighted by atomic mass is 10.2. The van der Waals surface area contributed by atoms with Crippen molar-refractivity contribution in [1.29, 1.82) is 0 Å². The molecule has 1 N–H and O–H groups in total. The summed E-state index contributed by atoms with van der Waals surface area (Å²) in [6.45, 7) is 2.42. The zero-order valence-electron chi connectivity index (χ0n) is 15.3. The third kappa shape index (κ3) is 4.56. The molecule has 1 aromatic heterocycles. The maximum absolute atomic E-state index is 12.5. The number of hydrogen-bond acceptors (Lipinski definition) is 5. The molecule has 0 atom stereocenters. The number of para-hydroxylation sites is 1. The SMILES string of the molecule is COc1ccc(S(=O)(=O)NCCCOc2cccc3cccnc23)c(C)c1. The predicted molar refractivity (Wildman–Crippen MR) is 105 cm³/mol. The predicted octanol–water partition coefficient (Wildman–Crippen LogP) is 3.30. The van der Waals surface area contributed by atoms with E-state index in [-0.39, 0.29) is 11.4 Å². The molecular weight excluding hydrogens is 364 g/mol. The highest BCUT2D eigenvalue weighted by Gasteiger charge is 2.16. The van der Waals surface area contributed by atoms with Gasteiger partial charge in [0.25, 0.3) is 0 Å². The Hall–Kier alpha value is -2.64. The molecule has 0 amide bonds. The van der Waals surface area contributed by atoms with Gasteiger partial charge in [0.05, 0.1) is 18.6 Å². The summed E-state index contributed by atoms with van der Waals surface area (Å²) < 4.78 is 38.4. The van der Waals surface area contributed by atoms with Crippen molar-refractivity contribution in [2.75, 3.05) is 20.3 Å². The fourth-order valence-electron chi connectivity index (χ4n) is 2.78. The van der Waals surface area contributed by atoms with E-state index in [0.29, 0.717) is 30.1 Å². The second-order valence-corrected chi connectivity index (χ2v) is 7.80. The van der Waals surface area contributed by atoms with Gasteiger partial charge in [-0.15, -0.1) is 0 Å². The van der Waals surface area contributed by atoms with Gasteiger partial charge in [0.1, 0.15) is 17.0 Å². The standard InChI is InChI=1S/C20H22N2O4S/c1-15-14-17(25-2)9-10-19(15)27(23,24)22-12-5-13-26-18-8-3-6-16-7-4-11-21-20(16)18/h3-4,6-11,14,22H,5,12-13H2,1-2H3. The Labute approximate surface area is 159 Å². The second kappa shape index (κ2) is 8.37. The fourth-order valence-corrected chi connectivity index (χ4v) is 4.08. The van der Waals surface area contributed by atoms with Crippen LogP contribution in [-0.4, -0.2) is 33.7 Å². The van der Waals surface area contributed by atoms with Crippen LogP contribution in [0.5, 0.6) is 11.5 Å². The Morgan fingerprint density at radius 1 is 1.11 bits per heavy atom. The molecule has 0 spiro atoms. The summed E-state index contributed by atoms with van der Waals surface area (Å²) in [7, 11) is -2.02. The molecule has 6 nitrogen and oxygen atoms in total. The van der Waals surface area contributed by atoms with Crippen LogP contribution in [0.15, 0.2) is 59.6 Å². The number of pyridine rings is 1. The fraction of sp³-hybridized carbons (Fsp3) is 0.250. The highest BCUT2D eigenvalue weighted by atomic mass is 32.2. The minimum Gasteiger partial charge on any atom is -0.497 e. The summed E-state index contributed by atoms with van der Waals surface area (Å²) in [6, 6.07) is 14.5. The summed E-state index contributed by atoms with van der Waals surface area (Å²) >= 11 is 0. The number of aromatic nitrogens is 1. The average Bonchev–Trinajstić information content (AvgIpc) is 2.67. The largest absolute Gasteiger partial charge is 0.497 e. The number of rotatable bonds is 8. The van der Waals surface area contributed by atoms with Crippen LogP contribution in [0.1, 0.15) is 12.0 Å². The number of ether oxygens (including phenoxy) is 2. The number of hydrogen-bond donors (Lipinski definition) is 1. The minimum absolute atomic E-state index is 0.252. The van der Waals surface area contributed by atoms with Gasteiger partial charge in [-0.3, -0.25) is 4.98 Å². The number of benzene rings is 2. The van der Waals surface area contributed by atoms with Crippen LogP contribution in [-0.2, 0) is 10.0 Å². The van der Waals surface area contributed by atoms with Gasteiger partial charge in [0, 0.05) is 18.1 Å². The smallest absolute Gasteiger partial charge is 0.240 e. The minimum atomic E-state index is -3.57. The third-order valence-corrected chi connectivity index (χ3v) is 5.76. The molecule has 0 saturated carbocycles. The molecule has 7 heteroatoms. The molecular formula is C20H22N2O4S. The molecule has 0 aliphatic carbocycles. The lowest BCUT2D eigenvalue weighted by Gasteiger charge is -2.11. The van der Waals surface area contributed by atoms with Crippen LogP contribution in [0.25, 0.3) is 10.9 Å². The summed E-state index contributed by atoms with van der Waals surface area (Å²) in [4.78, 5) is 4.59. The Morgan fingerprint density at radius 2 is 1.93 bits per heavy atom. The van der Waals surface area contributed by atoms with Gasteiger partial charge in [0.2, 0.25) is 10.0 Å². The van der Waals surface area contributed by atoms with E-state index < -0.39 is 10.0 Å². The van der Waals surface area contributed by atoms with Gasteiger partial charge >= 0.3 is 0 Å². The van der Waals surface area contributed by atoms with Crippen molar-refractivity contribution in [2.45, 2.75) is 18.2 Å². The zero-order chi connectivity index (χ0) is 19.3. The molecule has 0 aliphatic rings. The Morgan fingerprint density at radius 3 is 2.70 bits per heavy atom. The molecule has 3 aromatic rings. The highest BCUT2D eigenvalue weighted by molar-refractivity contribution is 7.89. The molecule has 0 bridgehead atoms. The molecule has 142 valence electrons. The van der Waals surface area contributed by atoms with E-state index in [4.69, 9.17) is 9.47 Å². The maximum atomic E-state index is 12.5. The van der Waals surface area contributed by atoms with Crippen LogP contribution in [0, 0.1) is 6.92 Å². The van der Waals surface area contributed by atoms with Crippen LogP contribution < -0.4 is 14.2 Å². The van der Waals surface area contributed by atoms with Crippen molar-refractivity contribution in [3.05, 3.63) is 60.3 Å². The molecule has 2 aromatic carbocycles. The Bertz CT molecular complexity index is 1030. The number of nitrogens with one attached hydrogen (secondary N) is 1. The van der Waals surface area contributed by atoms with Gasteiger partial charge < -0.3 is 9.47 Å². The van der Waals surface area contributed by atoms with E-state index >= 15 is 0 Å². The number of sulfonamides is 1. The number of aryl methyl sites for hydroxylation is 1. The zero-order valence-corrected chi connectivity index (χ0v) is 16.1. The Balaban J connectivity index is 1.55. The first-order valence-electron chi connectivity index (χ1n) is 8.62. The quantitative estimate of drug-likeness (QED) is 0.601. The van der Waals surface area contributed by atoms with Crippen LogP contribution in [0.4, 0.5) is 0 Å². The summed E-state index contributed by atoms with van der Waals surface area (Å²) in [5, 5.41) is 1.01. The first-order chi connectivity index (χ1) is 13.0. The van der Waals surface area contributed by atoms with E-state index in [1.807, 2.05) is 30.3 Å². The van der Waals surface area contributed by atoms with E-state index in [1.54, 1.807) is 38.4 Å². The van der Waals surface area contributed by atoms with Gasteiger partial charge in [-0.25, -0.2) is 13.1 Å². The van der Waals surface area contributed by atoms with Crippen LogP contribution in [0.3, 0.4) is 0 Å². The van der Waals surface area contributed by atoms with E-state index in [0.717, 1.165) is 10.9 Å². The van der Waals surface area contributed by atoms with Gasteiger partial charge in [0.15, 0.2) is 0 Å². The van der Waals surface area contributed by atoms with Crippen LogP contribution >= 0.6 is 0 Å². The molecule has 0 fully saturated rings. The molecule has 0 radical (unpaired) electrons. The topological polar surface area (TPSA) is 77.5 Å². The van der Waals surface area contributed by atoms with Crippen molar-refractivity contribution in [3.8, 4) is 11.5 Å². The number of nitrogens with zero attached hydrogens (tertiary/aromatic N) is 1. The van der Waals surface area contributed by atoms with Crippen molar-refractivity contribution in [1.82, 2.24) is 9.71 Å². The normalized spacial score (nSPS) is 11.5. The summed E-state index contributed by atoms with van der Waals surface area (Å²) in [5.74, 6) is 1.32. The Kier molecular flexibility index (Phi) is 5.93. The lowest BCUT2D eigenvalue weighted by Crippen LogP contribution is -2.26. The number of fused-ring (bicyclic) bond motifs is 1. The van der Waals surface area contributed by atoms with E-state index in [9.17, 15) is 8.42 Å². The summed E-state index contributed by atoms with van der Waals surface area (Å²) in [5.41, 5.74) is 1.44. The van der Waals surface area contributed by atoms with E-state index in [1.165, 1.54) is 0 Å². The average molecular weight is 386 g/mol. The second-order valence-electron chi connectivity index (χ2n) is 6.06. The van der Waals surface area contributed by atoms with Crippen molar-refractivity contribution < 1.29 is 17.9 Å². The highest BCUT2D eigenvalue weighted by Crippen LogP contribution is 2.23. The molecule has 3 rings (SSSR count). The van der Waals surface area contributed by atoms with Gasteiger partial charge in [-0.1, -0.05) is 18.2 Å². The molecule has 0 saturated heterocycles. The number of methoxy groups -OCH3 is 1. The lowest BCUT2D eigenvalue weighted by molar-refractivity contribution is 0.314. The third-order valence-electron chi connectivity index (χ3n) is 4.14. The first-order valence-corrected chi connectivity index (χ1v) is 10.1. The van der Waals surface area contributed by atoms with Gasteiger partial charge in [-0.05, 0) is 49.2 Å². The van der Waals surface area contributed by atoms with Crippen molar-refractivity contribution >= 4 is 20.9 Å². The molecule has 0 unspecified atom stereocenters. The molecule has 0 aliphatic heterocycles. The van der Waals surface area contributed by atoms with Crippen molar-refractivity contribution in [3.63, 3.8) is 0 Å².